The molecule has 0 unspecified atom stereocenters. The first-order valence-corrected chi connectivity index (χ1v) is 12.9. The molecular weight excluding hydrogens is 537 g/mol. The van der Waals surface area contributed by atoms with Gasteiger partial charge in [-0.15, -0.1) is 0 Å². The number of nitrogens with one attached hydrogen (secondary N) is 2. The molecule has 1 amide bonds. The first kappa shape index (κ1) is 28.9. The van der Waals surface area contributed by atoms with Crippen molar-refractivity contribution in [2.45, 2.75) is 31.8 Å². The van der Waals surface area contributed by atoms with E-state index in [1.807, 2.05) is 4.90 Å². The Labute approximate surface area is 228 Å². The van der Waals surface area contributed by atoms with E-state index in [9.17, 15) is 28.3 Å². The molecule has 4 N–H and O–H groups in total. The minimum Gasteiger partial charge on any atom is -0.497 e. The van der Waals surface area contributed by atoms with Crippen molar-refractivity contribution in [3.63, 3.8) is 0 Å². The number of anilines is 1. The molecule has 39 heavy (non-hydrogen) atoms. The first-order chi connectivity index (χ1) is 18.7. The van der Waals surface area contributed by atoms with E-state index in [4.69, 9.17) is 16.3 Å². The third-order valence-electron chi connectivity index (χ3n) is 7.43. The highest BCUT2D eigenvalue weighted by molar-refractivity contribution is 6.32. The maximum absolute atomic E-state index is 13.9. The third-order valence-corrected chi connectivity index (χ3v) is 7.73. The van der Waals surface area contributed by atoms with Crippen molar-refractivity contribution in [3.05, 3.63) is 64.6 Å². The Kier molecular flexibility index (Phi) is 9.16. The number of ether oxygens (including phenoxy) is 1. The summed E-state index contributed by atoms with van der Waals surface area (Å²) in [6, 6.07) is 6.65. The number of amides is 1. The SMILES string of the molecule is COc1ccc2ncc(Cl)c([C@H](O)CCC3(C(=O)NO)CCN(CCNc4cc(F)cc(F)c4F)CC3)c2c1. The highest BCUT2D eigenvalue weighted by Gasteiger charge is 2.41. The number of carbonyl (C=O) groups excluding carboxylic acids is 1. The van der Waals surface area contributed by atoms with E-state index in [2.05, 4.69) is 10.3 Å². The third kappa shape index (κ3) is 6.38. The molecule has 1 atom stereocenters. The first-order valence-electron chi connectivity index (χ1n) is 12.5. The molecule has 1 saturated heterocycles. The molecule has 0 saturated carbocycles. The minimum atomic E-state index is -1.27. The Morgan fingerprint density at radius 3 is 2.67 bits per heavy atom. The van der Waals surface area contributed by atoms with E-state index in [1.165, 1.54) is 13.3 Å². The predicted octanol–water partition coefficient (Wildman–Crippen LogP) is 4.83. The second-order valence-corrected chi connectivity index (χ2v) is 10.1. The second-order valence-electron chi connectivity index (χ2n) is 9.70. The van der Waals surface area contributed by atoms with E-state index >= 15 is 0 Å². The number of hydroxylamine groups is 1. The molecule has 8 nitrogen and oxygen atoms in total. The van der Waals surface area contributed by atoms with Gasteiger partial charge in [-0.2, -0.15) is 0 Å². The lowest BCUT2D eigenvalue weighted by Gasteiger charge is -2.40. The number of aromatic nitrogens is 1. The van der Waals surface area contributed by atoms with Gasteiger partial charge in [-0.1, -0.05) is 11.6 Å². The molecule has 0 radical (unpaired) electrons. The highest BCUT2D eigenvalue weighted by Crippen LogP contribution is 2.41. The largest absolute Gasteiger partial charge is 0.497 e. The zero-order valence-corrected chi connectivity index (χ0v) is 22.1. The van der Waals surface area contributed by atoms with E-state index < -0.39 is 34.9 Å². The van der Waals surface area contributed by atoms with Crippen LogP contribution >= 0.6 is 11.6 Å². The number of hydrogen-bond acceptors (Lipinski definition) is 7. The molecule has 1 aliphatic heterocycles. The van der Waals surface area contributed by atoms with E-state index in [0.717, 1.165) is 6.07 Å². The van der Waals surface area contributed by atoms with Gasteiger partial charge in [0.25, 0.3) is 0 Å². The normalized spacial score (nSPS) is 16.2. The molecule has 3 aromatic rings. The zero-order valence-electron chi connectivity index (χ0n) is 21.3. The number of piperidine rings is 1. The lowest BCUT2D eigenvalue weighted by atomic mass is 9.73. The van der Waals surface area contributed by atoms with Gasteiger partial charge in [-0.05, 0) is 57.0 Å². The van der Waals surface area contributed by atoms with E-state index in [0.29, 0.717) is 65.8 Å². The smallest absolute Gasteiger partial charge is 0.249 e. The van der Waals surface area contributed by atoms with Gasteiger partial charge in [0.2, 0.25) is 5.91 Å². The molecule has 1 aliphatic rings. The van der Waals surface area contributed by atoms with Crippen molar-refractivity contribution in [2.24, 2.45) is 5.41 Å². The Morgan fingerprint density at radius 2 is 1.97 bits per heavy atom. The number of hydrogen-bond donors (Lipinski definition) is 4. The summed E-state index contributed by atoms with van der Waals surface area (Å²) in [7, 11) is 1.54. The van der Waals surface area contributed by atoms with Gasteiger partial charge in [0, 0.05) is 42.4 Å². The molecule has 2 heterocycles. The average Bonchev–Trinajstić information content (AvgIpc) is 2.94. The molecule has 2 aromatic carbocycles. The Morgan fingerprint density at radius 1 is 1.23 bits per heavy atom. The van der Waals surface area contributed by atoms with Gasteiger partial charge >= 0.3 is 0 Å². The van der Waals surface area contributed by atoms with Gasteiger partial charge < -0.3 is 20.1 Å². The second kappa shape index (κ2) is 12.4. The Hall–Kier alpha value is -3.12. The average molecular weight is 567 g/mol. The molecule has 210 valence electrons. The van der Waals surface area contributed by atoms with Crippen LogP contribution in [0.3, 0.4) is 0 Å². The highest BCUT2D eigenvalue weighted by atomic mass is 35.5. The van der Waals surface area contributed by atoms with Crippen molar-refractivity contribution < 1.29 is 33.0 Å². The monoisotopic (exact) mass is 566 g/mol. The molecule has 4 rings (SSSR count). The van der Waals surface area contributed by atoms with Gasteiger partial charge in [0.05, 0.1) is 34.9 Å². The van der Waals surface area contributed by atoms with Crippen LogP contribution in [-0.2, 0) is 4.79 Å². The van der Waals surface area contributed by atoms with Crippen molar-refractivity contribution in [3.8, 4) is 5.75 Å². The van der Waals surface area contributed by atoms with Gasteiger partial charge in [0.1, 0.15) is 11.6 Å². The van der Waals surface area contributed by atoms with Gasteiger partial charge in [-0.3, -0.25) is 15.0 Å². The minimum absolute atomic E-state index is 0.204. The quantitative estimate of drug-likeness (QED) is 0.158. The number of fused-ring (bicyclic) bond motifs is 1. The molecule has 1 aromatic heterocycles. The fourth-order valence-electron chi connectivity index (χ4n) is 5.14. The van der Waals surface area contributed by atoms with Crippen LogP contribution in [0.4, 0.5) is 18.9 Å². The van der Waals surface area contributed by atoms with Crippen molar-refractivity contribution >= 4 is 34.1 Å². The van der Waals surface area contributed by atoms with Gasteiger partial charge in [0.15, 0.2) is 11.6 Å². The number of pyridine rings is 1. The van der Waals surface area contributed by atoms with Crippen LogP contribution in [0, 0.1) is 22.9 Å². The number of aliphatic hydroxyl groups excluding tert-OH is 1. The predicted molar refractivity (Wildman–Crippen MR) is 140 cm³/mol. The lowest BCUT2D eigenvalue weighted by Crippen LogP contribution is -2.49. The summed E-state index contributed by atoms with van der Waals surface area (Å²) in [5.41, 5.74) is 1.72. The van der Waals surface area contributed by atoms with E-state index in [-0.39, 0.29) is 25.1 Å². The number of aliphatic hydroxyl groups is 1. The molecule has 0 aliphatic carbocycles. The van der Waals surface area contributed by atoms with Crippen LogP contribution in [0.2, 0.25) is 5.02 Å². The summed E-state index contributed by atoms with van der Waals surface area (Å²) in [6.45, 7) is 1.65. The standard InChI is InChI=1S/C27H30ClF3N4O4/c1-39-17-2-3-21-18(14-17)24(19(28)15-33-21)23(36)4-5-27(26(37)34-38)6-9-35(10-7-27)11-8-32-22-13-16(29)12-20(30)25(22)31/h2-3,12-15,23,32,36,38H,4-11H2,1H3,(H,34,37)/t23-/m1/s1. The van der Waals surface area contributed by atoms with Crippen molar-refractivity contribution in [1.29, 1.82) is 0 Å². The van der Waals surface area contributed by atoms with Crippen LogP contribution < -0.4 is 15.5 Å². The number of nitrogens with zero attached hydrogens (tertiary/aromatic N) is 2. The summed E-state index contributed by atoms with van der Waals surface area (Å²) < 4.78 is 46.0. The molecular formula is C27H30ClF3N4O4. The summed E-state index contributed by atoms with van der Waals surface area (Å²) in [4.78, 5) is 19.1. The number of rotatable bonds is 10. The topological polar surface area (TPSA) is 107 Å². The lowest BCUT2D eigenvalue weighted by molar-refractivity contribution is -0.143. The zero-order chi connectivity index (χ0) is 28.2. The van der Waals surface area contributed by atoms with Crippen LogP contribution in [0.5, 0.6) is 5.75 Å². The fourth-order valence-corrected chi connectivity index (χ4v) is 5.41. The molecule has 1 fully saturated rings. The Bertz CT molecular complexity index is 1340. The molecule has 0 spiro atoms. The summed E-state index contributed by atoms with van der Waals surface area (Å²) in [5.74, 6) is -3.23. The number of methoxy groups -OCH3 is 1. The molecule has 0 bridgehead atoms. The van der Waals surface area contributed by atoms with Crippen LogP contribution in [0.1, 0.15) is 37.4 Å². The fraction of sp³-hybridized carbons (Fsp3) is 0.407. The number of halogens is 4. The van der Waals surface area contributed by atoms with Crippen molar-refractivity contribution in [1.82, 2.24) is 15.4 Å². The van der Waals surface area contributed by atoms with Crippen molar-refractivity contribution in [2.75, 3.05) is 38.6 Å². The molecule has 12 heteroatoms. The number of benzene rings is 2. The van der Waals surface area contributed by atoms with Crippen LogP contribution in [0.25, 0.3) is 10.9 Å². The summed E-state index contributed by atoms with van der Waals surface area (Å²) in [5, 5.41) is 24.3. The Balaban J connectivity index is 1.40. The maximum Gasteiger partial charge on any atom is 0.249 e. The van der Waals surface area contributed by atoms with Gasteiger partial charge in [-0.25, -0.2) is 18.7 Å². The number of carbonyl (C=O) groups is 1. The summed E-state index contributed by atoms with van der Waals surface area (Å²) in [6.07, 6.45) is 1.76. The summed E-state index contributed by atoms with van der Waals surface area (Å²) >= 11 is 6.42. The number of likely N-dealkylation sites (tertiary alicyclic amines) is 1. The van der Waals surface area contributed by atoms with E-state index in [1.54, 1.807) is 23.7 Å². The maximum atomic E-state index is 13.9. The van der Waals surface area contributed by atoms with Crippen LogP contribution in [0.15, 0.2) is 36.5 Å². The van der Waals surface area contributed by atoms with Crippen LogP contribution in [-0.4, -0.2) is 59.4 Å².